The van der Waals surface area contributed by atoms with Gasteiger partial charge in [0.15, 0.2) is 0 Å². The lowest BCUT2D eigenvalue weighted by molar-refractivity contribution is 0.0210. The summed E-state index contributed by atoms with van der Waals surface area (Å²) < 4.78 is 11.5. The van der Waals surface area contributed by atoms with E-state index < -0.39 is 0 Å². The summed E-state index contributed by atoms with van der Waals surface area (Å²) in [6, 6.07) is 10.3. The molecule has 4 heteroatoms. The Morgan fingerprint density at radius 1 is 1.15 bits per heavy atom. The molecule has 0 saturated heterocycles. The number of ether oxygens (including phenoxy) is 2. The zero-order valence-corrected chi connectivity index (χ0v) is 12.9. The zero-order chi connectivity index (χ0) is 14.2. The van der Waals surface area contributed by atoms with Crippen molar-refractivity contribution in [2.75, 3.05) is 19.8 Å². The normalized spacial score (nSPS) is 12.5. The molecule has 1 aromatic heterocycles. The molecule has 2 rings (SSSR count). The van der Waals surface area contributed by atoms with E-state index in [0.717, 1.165) is 24.3 Å². The number of rotatable bonds is 8. The van der Waals surface area contributed by atoms with Crippen molar-refractivity contribution < 1.29 is 9.47 Å². The number of hydrogen-bond acceptors (Lipinski definition) is 4. The quantitative estimate of drug-likeness (QED) is 0.689. The van der Waals surface area contributed by atoms with Crippen LogP contribution in [0.2, 0.25) is 0 Å². The Labute approximate surface area is 124 Å². The Bertz CT molecular complexity index is 498. The van der Waals surface area contributed by atoms with Crippen molar-refractivity contribution in [2.45, 2.75) is 26.4 Å². The highest BCUT2D eigenvalue weighted by Crippen LogP contribution is 2.30. The maximum absolute atomic E-state index is 6.05. The van der Waals surface area contributed by atoms with E-state index in [9.17, 15) is 0 Å². The molecule has 0 aliphatic heterocycles. The van der Waals surface area contributed by atoms with Gasteiger partial charge in [-0.3, -0.25) is 0 Å². The molecule has 0 fully saturated rings. The predicted molar refractivity (Wildman–Crippen MR) is 82.2 cm³/mol. The van der Waals surface area contributed by atoms with E-state index in [4.69, 9.17) is 9.47 Å². The second kappa shape index (κ2) is 8.15. The number of aromatic nitrogens is 1. The van der Waals surface area contributed by atoms with Crippen molar-refractivity contribution >= 4 is 11.3 Å². The van der Waals surface area contributed by atoms with E-state index in [1.807, 2.05) is 30.6 Å². The Hall–Kier alpha value is -1.23. The number of nitrogens with zero attached hydrogens (tertiary/aromatic N) is 1. The lowest BCUT2D eigenvalue weighted by Gasteiger charge is -2.17. The van der Waals surface area contributed by atoms with Gasteiger partial charge in [0.1, 0.15) is 6.10 Å². The summed E-state index contributed by atoms with van der Waals surface area (Å²) >= 11 is 1.64. The largest absolute Gasteiger partial charge is 0.379 e. The highest BCUT2D eigenvalue weighted by molar-refractivity contribution is 7.09. The Morgan fingerprint density at radius 3 is 2.60 bits per heavy atom. The van der Waals surface area contributed by atoms with Crippen molar-refractivity contribution in [1.82, 2.24) is 4.98 Å². The smallest absolute Gasteiger partial charge is 0.119 e. The van der Waals surface area contributed by atoms with Gasteiger partial charge in [-0.1, -0.05) is 37.3 Å². The van der Waals surface area contributed by atoms with Crippen LogP contribution in [0.25, 0.3) is 0 Å². The van der Waals surface area contributed by atoms with E-state index in [-0.39, 0.29) is 6.10 Å². The van der Waals surface area contributed by atoms with Gasteiger partial charge in [0.2, 0.25) is 0 Å². The van der Waals surface area contributed by atoms with Crippen molar-refractivity contribution in [1.29, 1.82) is 0 Å². The van der Waals surface area contributed by atoms with Gasteiger partial charge in [-0.05, 0) is 18.9 Å². The van der Waals surface area contributed by atoms with E-state index in [0.29, 0.717) is 13.2 Å². The molecule has 0 bridgehead atoms. The third-order valence-corrected chi connectivity index (χ3v) is 3.96. The van der Waals surface area contributed by atoms with Gasteiger partial charge in [0, 0.05) is 6.61 Å². The van der Waals surface area contributed by atoms with E-state index in [1.54, 1.807) is 11.3 Å². The Morgan fingerprint density at radius 2 is 1.95 bits per heavy atom. The number of aryl methyl sites for hydroxylation is 1. The highest BCUT2D eigenvalue weighted by atomic mass is 32.1. The van der Waals surface area contributed by atoms with Crippen molar-refractivity contribution in [3.8, 4) is 0 Å². The van der Waals surface area contributed by atoms with Gasteiger partial charge in [-0.15, -0.1) is 11.3 Å². The van der Waals surface area contributed by atoms with E-state index in [2.05, 4.69) is 24.0 Å². The number of thiazole rings is 1. The van der Waals surface area contributed by atoms with Crippen LogP contribution in [-0.2, 0) is 9.47 Å². The summed E-state index contributed by atoms with van der Waals surface area (Å²) in [4.78, 5) is 5.50. The maximum Gasteiger partial charge on any atom is 0.119 e. The molecule has 0 saturated carbocycles. The summed E-state index contributed by atoms with van der Waals surface area (Å²) in [7, 11) is 0. The molecular formula is C16H21NO2S. The van der Waals surface area contributed by atoms with Crippen LogP contribution in [0.5, 0.6) is 0 Å². The molecule has 0 spiro atoms. The first-order valence-corrected chi connectivity index (χ1v) is 7.85. The van der Waals surface area contributed by atoms with E-state index in [1.165, 1.54) is 4.88 Å². The molecule has 1 unspecified atom stereocenters. The molecule has 0 amide bonds. The van der Waals surface area contributed by atoms with Crippen LogP contribution >= 0.6 is 11.3 Å². The third-order valence-electron chi connectivity index (χ3n) is 2.98. The maximum atomic E-state index is 6.05. The summed E-state index contributed by atoms with van der Waals surface area (Å²) in [5.41, 5.74) is 4.08. The van der Waals surface area contributed by atoms with Crippen LogP contribution in [-0.4, -0.2) is 24.8 Å². The standard InChI is InChI=1S/C16H21NO2S/c1-3-9-18-10-11-19-15(14-7-5-4-6-8-14)16-13(2)17-12-20-16/h4-8,12,15H,3,9-11H2,1-2H3. The minimum Gasteiger partial charge on any atom is -0.379 e. The topological polar surface area (TPSA) is 31.4 Å². The van der Waals surface area contributed by atoms with Gasteiger partial charge < -0.3 is 9.47 Å². The van der Waals surface area contributed by atoms with Crippen LogP contribution in [0.3, 0.4) is 0 Å². The molecule has 1 heterocycles. The Kier molecular flexibility index (Phi) is 6.18. The molecule has 0 N–H and O–H groups in total. The van der Waals surface area contributed by atoms with Crippen LogP contribution in [0.4, 0.5) is 0 Å². The van der Waals surface area contributed by atoms with Gasteiger partial charge >= 0.3 is 0 Å². The molecule has 108 valence electrons. The fourth-order valence-electron chi connectivity index (χ4n) is 1.99. The van der Waals surface area contributed by atoms with Crippen molar-refractivity contribution in [2.24, 2.45) is 0 Å². The summed E-state index contributed by atoms with van der Waals surface area (Å²) in [5.74, 6) is 0. The lowest BCUT2D eigenvalue weighted by Crippen LogP contribution is -2.11. The molecule has 20 heavy (non-hydrogen) atoms. The SMILES string of the molecule is CCCOCCOC(c1ccccc1)c1scnc1C. The van der Waals surface area contributed by atoms with Gasteiger partial charge in [-0.2, -0.15) is 0 Å². The Balaban J connectivity index is 2.04. The first kappa shape index (κ1) is 15.2. The zero-order valence-electron chi connectivity index (χ0n) is 12.0. The summed E-state index contributed by atoms with van der Waals surface area (Å²) in [5, 5.41) is 0. The second-order valence-corrected chi connectivity index (χ2v) is 5.46. The van der Waals surface area contributed by atoms with Crippen LogP contribution < -0.4 is 0 Å². The monoisotopic (exact) mass is 291 g/mol. The molecular weight excluding hydrogens is 270 g/mol. The molecule has 0 radical (unpaired) electrons. The molecule has 1 atom stereocenters. The first-order chi connectivity index (χ1) is 9.83. The van der Waals surface area contributed by atoms with Crippen LogP contribution in [0.1, 0.15) is 35.6 Å². The minimum atomic E-state index is -0.0473. The molecule has 1 aromatic carbocycles. The highest BCUT2D eigenvalue weighted by Gasteiger charge is 2.18. The predicted octanol–water partition coefficient (Wildman–Crippen LogP) is 3.98. The van der Waals surface area contributed by atoms with Crippen molar-refractivity contribution in [3.63, 3.8) is 0 Å². The average molecular weight is 291 g/mol. The first-order valence-electron chi connectivity index (χ1n) is 6.97. The summed E-state index contributed by atoms with van der Waals surface area (Å²) in [6.45, 7) is 6.15. The van der Waals surface area contributed by atoms with Gasteiger partial charge in [0.05, 0.1) is 29.3 Å². The van der Waals surface area contributed by atoms with Crippen LogP contribution in [0, 0.1) is 6.92 Å². The summed E-state index contributed by atoms with van der Waals surface area (Å²) in [6.07, 6.45) is 0.990. The van der Waals surface area contributed by atoms with Crippen molar-refractivity contribution in [3.05, 3.63) is 52.0 Å². The fourth-order valence-corrected chi connectivity index (χ4v) is 2.86. The number of benzene rings is 1. The minimum absolute atomic E-state index is 0.0473. The van der Waals surface area contributed by atoms with E-state index >= 15 is 0 Å². The molecule has 3 nitrogen and oxygen atoms in total. The fraction of sp³-hybridized carbons (Fsp3) is 0.438. The lowest BCUT2D eigenvalue weighted by atomic mass is 10.1. The second-order valence-electron chi connectivity index (χ2n) is 4.58. The third kappa shape index (κ3) is 4.13. The van der Waals surface area contributed by atoms with Gasteiger partial charge in [0.25, 0.3) is 0 Å². The molecule has 0 aliphatic rings. The molecule has 2 aromatic rings. The molecule has 0 aliphatic carbocycles. The average Bonchev–Trinajstić information content (AvgIpc) is 2.90. The number of hydrogen-bond donors (Lipinski definition) is 0. The van der Waals surface area contributed by atoms with Crippen LogP contribution in [0.15, 0.2) is 35.8 Å². The van der Waals surface area contributed by atoms with Gasteiger partial charge in [-0.25, -0.2) is 4.98 Å².